The largest absolute Gasteiger partial charge is 0.340 e. The number of hydrogen-bond acceptors (Lipinski definition) is 7. The Labute approximate surface area is 226 Å². The monoisotopic (exact) mass is 544 g/mol. The highest BCUT2D eigenvalue weighted by Crippen LogP contribution is 2.54. The number of rotatable bonds is 8. The Morgan fingerprint density at radius 3 is 2.65 bits per heavy atom. The third kappa shape index (κ3) is 5.15. The number of nitrogens with one attached hydrogen (secondary N) is 4. The molecule has 204 valence electrons. The quantitative estimate of drug-likeness (QED) is 0.247. The lowest BCUT2D eigenvalue weighted by atomic mass is 10.0. The van der Waals surface area contributed by atoms with Crippen LogP contribution in [0.5, 0.6) is 0 Å². The Morgan fingerprint density at radius 1 is 1.23 bits per heavy atom. The summed E-state index contributed by atoms with van der Waals surface area (Å²) in [5.74, 6) is -2.45. The minimum Gasteiger partial charge on any atom is -0.340 e. The average molecular weight is 545 g/mol. The number of aromatic nitrogens is 5. The summed E-state index contributed by atoms with van der Waals surface area (Å²) in [6.07, 6.45) is 5.96. The predicted octanol–water partition coefficient (Wildman–Crippen LogP) is 4.08. The molecule has 5 rings (SSSR count). The number of anilines is 2. The molecule has 0 radical (unpaired) electrons. The van der Waals surface area contributed by atoms with Gasteiger partial charge in [0.2, 0.25) is 0 Å². The number of hydrogen-bond donors (Lipinski definition) is 4. The third-order valence-corrected chi connectivity index (χ3v) is 6.85. The van der Waals surface area contributed by atoms with Crippen LogP contribution in [0, 0.1) is 5.41 Å². The van der Waals surface area contributed by atoms with Crippen LogP contribution < -0.4 is 22.1 Å². The van der Waals surface area contributed by atoms with Gasteiger partial charge in [0.1, 0.15) is 5.82 Å². The third-order valence-electron chi connectivity index (χ3n) is 6.85. The lowest BCUT2D eigenvalue weighted by Crippen LogP contribution is -2.27. The Balaban J connectivity index is 1.49. The van der Waals surface area contributed by atoms with Crippen LogP contribution in [-0.4, -0.2) is 38.0 Å². The van der Waals surface area contributed by atoms with Crippen LogP contribution in [0.4, 0.5) is 20.3 Å². The molecule has 0 saturated heterocycles. The molecule has 0 bridgehead atoms. The van der Waals surface area contributed by atoms with E-state index in [-0.39, 0.29) is 23.0 Å². The maximum Gasteiger partial charge on any atom is 0.325 e. The van der Waals surface area contributed by atoms with Crippen molar-refractivity contribution >= 4 is 23.9 Å². The molecule has 3 aromatic heterocycles. The molecular formula is C28H26F2N8O2. The molecule has 0 amide bonds. The molecule has 1 aliphatic carbocycles. The summed E-state index contributed by atoms with van der Waals surface area (Å²) in [4.78, 5) is 37.2. The second kappa shape index (κ2) is 10.3. The number of halogens is 2. The van der Waals surface area contributed by atoms with E-state index in [0.717, 1.165) is 30.7 Å². The normalized spacial score (nSPS) is 16.9. The highest BCUT2D eigenvalue weighted by molar-refractivity contribution is 5.87. The number of pyridine rings is 1. The van der Waals surface area contributed by atoms with Crippen LogP contribution in [0.3, 0.4) is 0 Å². The van der Waals surface area contributed by atoms with Crippen molar-refractivity contribution in [2.24, 2.45) is 4.99 Å². The van der Waals surface area contributed by atoms with Crippen LogP contribution in [0.25, 0.3) is 17.5 Å². The van der Waals surface area contributed by atoms with Crippen LogP contribution in [0.2, 0.25) is 0 Å². The van der Waals surface area contributed by atoms with Gasteiger partial charge in [-0.25, -0.2) is 23.2 Å². The average Bonchev–Trinajstić information content (AvgIpc) is 3.73. The fourth-order valence-electron chi connectivity index (χ4n) is 4.71. The van der Waals surface area contributed by atoms with Crippen molar-refractivity contribution in [2.45, 2.75) is 31.1 Å². The van der Waals surface area contributed by atoms with Gasteiger partial charge < -0.3 is 15.7 Å². The van der Waals surface area contributed by atoms with Crippen LogP contribution in [-0.2, 0) is 5.92 Å². The van der Waals surface area contributed by atoms with E-state index in [9.17, 15) is 18.4 Å². The minimum absolute atomic E-state index is 0.0522. The smallest absolute Gasteiger partial charge is 0.325 e. The lowest BCUT2D eigenvalue weighted by Gasteiger charge is -2.14. The van der Waals surface area contributed by atoms with E-state index in [2.05, 4.69) is 36.9 Å². The van der Waals surface area contributed by atoms with Crippen molar-refractivity contribution in [1.82, 2.24) is 24.7 Å². The highest BCUT2D eigenvalue weighted by atomic mass is 19.3. The molecule has 0 aliphatic heterocycles. The highest BCUT2D eigenvalue weighted by Gasteiger charge is 2.41. The Hall–Kier alpha value is -5.00. The molecule has 10 nitrogen and oxygen atoms in total. The molecule has 40 heavy (non-hydrogen) atoms. The van der Waals surface area contributed by atoms with E-state index >= 15 is 0 Å². The van der Waals surface area contributed by atoms with Crippen molar-refractivity contribution in [3.63, 3.8) is 0 Å². The van der Waals surface area contributed by atoms with Gasteiger partial charge in [0, 0.05) is 61.2 Å². The first-order chi connectivity index (χ1) is 19.1. The summed E-state index contributed by atoms with van der Waals surface area (Å²) in [5, 5.41) is 15.4. The summed E-state index contributed by atoms with van der Waals surface area (Å²) in [6.45, 7) is 4.64. The SMILES string of the molecule is C=Cn1nc(-c2c[nH]c(=O)[nH]c2=O)cc([C@H]2C[C@@H]2c2ccc(C=N)c(Nc3ccc(C(C)(F)F)cn3)c2)c1=NC. The second-order valence-corrected chi connectivity index (χ2v) is 9.53. The van der Waals surface area contributed by atoms with Crippen LogP contribution >= 0.6 is 0 Å². The fourth-order valence-corrected chi connectivity index (χ4v) is 4.71. The van der Waals surface area contributed by atoms with Crippen molar-refractivity contribution in [3.05, 3.63) is 104 Å². The zero-order valence-corrected chi connectivity index (χ0v) is 21.7. The summed E-state index contributed by atoms with van der Waals surface area (Å²) >= 11 is 0. The zero-order chi connectivity index (χ0) is 28.6. The molecular weight excluding hydrogens is 518 g/mol. The first-order valence-corrected chi connectivity index (χ1v) is 12.4. The maximum atomic E-state index is 13.6. The van der Waals surface area contributed by atoms with Crippen molar-refractivity contribution in [2.75, 3.05) is 12.4 Å². The van der Waals surface area contributed by atoms with Gasteiger partial charge in [-0.3, -0.25) is 14.8 Å². The molecule has 12 heteroatoms. The number of alkyl halides is 2. The molecule has 1 aliphatic rings. The van der Waals surface area contributed by atoms with E-state index in [0.29, 0.717) is 28.3 Å². The predicted molar refractivity (Wildman–Crippen MR) is 148 cm³/mol. The molecule has 4 aromatic rings. The van der Waals surface area contributed by atoms with E-state index in [1.54, 1.807) is 13.1 Å². The van der Waals surface area contributed by atoms with Gasteiger partial charge >= 0.3 is 5.69 Å². The van der Waals surface area contributed by atoms with Gasteiger partial charge in [-0.1, -0.05) is 18.7 Å². The molecule has 4 N–H and O–H groups in total. The molecule has 1 fully saturated rings. The van der Waals surface area contributed by atoms with Gasteiger partial charge in [0.25, 0.3) is 11.5 Å². The number of aromatic amines is 2. The molecule has 1 aromatic carbocycles. The topological polar surface area (TPSA) is 145 Å². The number of H-pyrrole nitrogens is 2. The van der Waals surface area contributed by atoms with Crippen LogP contribution in [0.1, 0.15) is 47.4 Å². The van der Waals surface area contributed by atoms with Crippen molar-refractivity contribution in [3.8, 4) is 11.3 Å². The van der Waals surface area contributed by atoms with Gasteiger partial charge in [0.05, 0.1) is 11.3 Å². The van der Waals surface area contributed by atoms with Gasteiger partial charge in [-0.2, -0.15) is 5.10 Å². The molecule has 0 spiro atoms. The van der Waals surface area contributed by atoms with E-state index < -0.39 is 17.2 Å². The lowest BCUT2D eigenvalue weighted by molar-refractivity contribution is 0.0171. The summed E-state index contributed by atoms with van der Waals surface area (Å²) < 4.78 is 28.7. The first kappa shape index (κ1) is 26.6. The van der Waals surface area contributed by atoms with Crippen LogP contribution in [0.15, 0.2) is 70.0 Å². The van der Waals surface area contributed by atoms with Gasteiger partial charge in [-0.05, 0) is 48.1 Å². The van der Waals surface area contributed by atoms with Crippen molar-refractivity contribution < 1.29 is 8.78 Å². The molecule has 3 heterocycles. The molecule has 1 saturated carbocycles. The zero-order valence-electron chi connectivity index (χ0n) is 21.7. The Bertz CT molecular complexity index is 1800. The van der Waals surface area contributed by atoms with E-state index in [1.807, 2.05) is 18.2 Å². The standard InChI is InChI=1S/C28H26F2N8O2/c1-4-38-25(32-3)20(11-23(37-38)21-14-34-27(40)36-26(21)39)19-10-18(19)15-5-6-16(12-31)22(9-15)35-24-8-7-17(13-33-24)28(2,29)30/h4-9,11-14,18-19,31H,1,10H2,2-3H3,(H,33,35)(H2,34,36,39,40)/t18-,19+/m1/s1. The number of benzene rings is 1. The second-order valence-electron chi connectivity index (χ2n) is 9.53. The van der Waals surface area contributed by atoms with Gasteiger partial charge in [0.15, 0.2) is 5.49 Å². The Morgan fingerprint density at radius 2 is 2.02 bits per heavy atom. The van der Waals surface area contributed by atoms with E-state index in [4.69, 9.17) is 5.41 Å². The fraction of sp³-hybridized carbons (Fsp3) is 0.214. The minimum atomic E-state index is -2.99. The van der Waals surface area contributed by atoms with E-state index in [1.165, 1.54) is 35.4 Å². The summed E-state index contributed by atoms with van der Waals surface area (Å²) in [6, 6.07) is 10.3. The number of nitrogens with zero attached hydrogens (tertiary/aromatic N) is 4. The first-order valence-electron chi connectivity index (χ1n) is 12.4. The maximum absolute atomic E-state index is 13.6. The summed E-state index contributed by atoms with van der Waals surface area (Å²) in [5.41, 5.74) is 2.91. The van der Waals surface area contributed by atoms with Crippen molar-refractivity contribution in [1.29, 1.82) is 5.41 Å². The molecule has 0 unspecified atom stereocenters. The molecule has 2 atom stereocenters. The van der Waals surface area contributed by atoms with Gasteiger partial charge in [-0.15, -0.1) is 0 Å². The summed E-state index contributed by atoms with van der Waals surface area (Å²) in [7, 11) is 1.65. The Kier molecular flexibility index (Phi) is 6.84.